The molecule has 1 N–H and O–H groups in total. The van der Waals surface area contributed by atoms with Crippen molar-refractivity contribution in [2.45, 2.75) is 25.1 Å². The van der Waals surface area contributed by atoms with Crippen LogP contribution in [0.3, 0.4) is 0 Å². The lowest BCUT2D eigenvalue weighted by Gasteiger charge is -2.30. The molecule has 1 amide bonds. The number of nitrogens with one attached hydrogen (secondary N) is 1. The zero-order chi connectivity index (χ0) is 20.5. The van der Waals surface area contributed by atoms with E-state index in [1.807, 2.05) is 4.90 Å². The monoisotopic (exact) mass is 401 g/mol. The topological polar surface area (TPSA) is 72.2 Å². The number of halogens is 4. The Morgan fingerprint density at radius 3 is 2.54 bits per heavy atom. The minimum atomic E-state index is -4.70. The maximum atomic E-state index is 13.1. The Bertz CT molecular complexity index is 913. The van der Waals surface area contributed by atoms with Gasteiger partial charge in [0.05, 0.1) is 12.6 Å². The lowest BCUT2D eigenvalue weighted by atomic mass is 10.1. The first-order valence-corrected chi connectivity index (χ1v) is 8.65. The third-order valence-electron chi connectivity index (χ3n) is 4.64. The highest BCUT2D eigenvalue weighted by Crippen LogP contribution is 2.28. The van der Waals surface area contributed by atoms with Crippen molar-refractivity contribution in [2.24, 2.45) is 7.05 Å². The first-order valence-electron chi connectivity index (χ1n) is 8.65. The van der Waals surface area contributed by atoms with E-state index in [0.29, 0.717) is 36.2 Å². The first-order chi connectivity index (χ1) is 13.1. The molecule has 0 saturated carbocycles. The van der Waals surface area contributed by atoms with Crippen molar-refractivity contribution in [3.8, 4) is 0 Å². The Labute approximate surface area is 157 Å². The number of aromatic nitrogens is 3. The van der Waals surface area contributed by atoms with Crippen LogP contribution < -0.4 is 11.0 Å². The van der Waals surface area contributed by atoms with E-state index in [0.717, 1.165) is 11.7 Å². The summed E-state index contributed by atoms with van der Waals surface area (Å²) in [5, 5.41) is 6.06. The quantitative estimate of drug-likeness (QED) is 0.796. The highest BCUT2D eigenvalue weighted by molar-refractivity contribution is 5.92. The van der Waals surface area contributed by atoms with Gasteiger partial charge in [-0.1, -0.05) is 6.07 Å². The van der Waals surface area contributed by atoms with E-state index in [9.17, 15) is 27.2 Å². The molecule has 3 rings (SSSR count). The molecule has 2 aromatic rings. The Kier molecular flexibility index (Phi) is 5.54. The zero-order valence-electron chi connectivity index (χ0n) is 15.0. The summed E-state index contributed by atoms with van der Waals surface area (Å²) >= 11 is 0. The van der Waals surface area contributed by atoms with Crippen LogP contribution in [0.15, 0.2) is 29.1 Å². The van der Waals surface area contributed by atoms with Crippen molar-refractivity contribution >= 4 is 11.6 Å². The second-order valence-electron chi connectivity index (χ2n) is 6.67. The Balaban J connectivity index is 1.58. The summed E-state index contributed by atoms with van der Waals surface area (Å²) in [6, 6.07) is 5.06. The number of carbonyl (C=O) groups excluding carboxylic acids is 1. The summed E-state index contributed by atoms with van der Waals surface area (Å²) in [5.41, 5.74) is -0.464. The number of rotatable bonds is 4. The summed E-state index contributed by atoms with van der Waals surface area (Å²) in [6.45, 7) is 0.908. The summed E-state index contributed by atoms with van der Waals surface area (Å²) in [7, 11) is 1.04. The molecule has 0 spiro atoms. The van der Waals surface area contributed by atoms with Gasteiger partial charge in [-0.15, -0.1) is 5.10 Å². The van der Waals surface area contributed by atoms with Crippen molar-refractivity contribution in [1.82, 2.24) is 19.2 Å². The van der Waals surface area contributed by atoms with Crippen LogP contribution in [0.4, 0.5) is 23.2 Å². The van der Waals surface area contributed by atoms with Crippen molar-refractivity contribution in [1.29, 1.82) is 0 Å². The normalized spacial score (nSPS) is 16.3. The molecule has 1 aromatic heterocycles. The maximum absolute atomic E-state index is 13.1. The van der Waals surface area contributed by atoms with E-state index in [-0.39, 0.29) is 12.5 Å². The van der Waals surface area contributed by atoms with Crippen LogP contribution in [-0.2, 0) is 18.0 Å². The minimum absolute atomic E-state index is 0.0636. The van der Waals surface area contributed by atoms with E-state index >= 15 is 0 Å². The fourth-order valence-electron chi connectivity index (χ4n) is 3.23. The number of anilines is 1. The van der Waals surface area contributed by atoms with Gasteiger partial charge in [0.2, 0.25) is 11.7 Å². The number of nitrogens with zero attached hydrogens (tertiary/aromatic N) is 4. The van der Waals surface area contributed by atoms with Crippen LogP contribution in [-0.4, -0.2) is 44.8 Å². The lowest BCUT2D eigenvalue weighted by Crippen LogP contribution is -2.41. The number of amides is 1. The SMILES string of the molecule is Cn1c(C(F)(F)F)nn(C2CCN(CC(=O)Nc3cccc(F)c3)CC2)c1=O. The number of hydrogen-bond acceptors (Lipinski definition) is 4. The fourth-order valence-corrected chi connectivity index (χ4v) is 3.23. The van der Waals surface area contributed by atoms with Crippen LogP contribution >= 0.6 is 0 Å². The van der Waals surface area contributed by atoms with Gasteiger partial charge in [0.25, 0.3) is 0 Å². The predicted octanol–water partition coefficient (Wildman–Crippen LogP) is 2.02. The molecule has 11 heteroatoms. The molecule has 1 aliphatic heterocycles. The number of carbonyl (C=O) groups is 1. The highest BCUT2D eigenvalue weighted by Gasteiger charge is 2.39. The largest absolute Gasteiger partial charge is 0.451 e. The Morgan fingerprint density at radius 2 is 1.96 bits per heavy atom. The third-order valence-corrected chi connectivity index (χ3v) is 4.64. The molecule has 0 aliphatic carbocycles. The standard InChI is InChI=1S/C17H19F4N5O2/c1-24-15(17(19,20)21)23-26(16(24)28)13-5-7-25(8-6-13)10-14(27)22-12-4-2-3-11(18)9-12/h2-4,9,13H,5-8,10H2,1H3,(H,22,27). The van der Waals surface area contributed by atoms with Crippen LogP contribution in [0.2, 0.25) is 0 Å². The van der Waals surface area contributed by atoms with Gasteiger partial charge in [0.1, 0.15) is 5.82 Å². The highest BCUT2D eigenvalue weighted by atomic mass is 19.4. The first kappa shape index (κ1) is 20.1. The van der Waals surface area contributed by atoms with Crippen LogP contribution in [0.25, 0.3) is 0 Å². The minimum Gasteiger partial charge on any atom is -0.325 e. The summed E-state index contributed by atoms with van der Waals surface area (Å²) in [6.07, 6.45) is -3.92. The molecule has 1 aliphatic rings. The van der Waals surface area contributed by atoms with Gasteiger partial charge < -0.3 is 5.32 Å². The second kappa shape index (κ2) is 7.74. The number of alkyl halides is 3. The molecule has 28 heavy (non-hydrogen) atoms. The molecular formula is C17H19F4N5O2. The van der Waals surface area contributed by atoms with Crippen molar-refractivity contribution < 1.29 is 22.4 Å². The molecule has 0 radical (unpaired) electrons. The van der Waals surface area contributed by atoms with E-state index in [1.165, 1.54) is 18.2 Å². The van der Waals surface area contributed by atoms with Crippen molar-refractivity contribution in [3.63, 3.8) is 0 Å². The third kappa shape index (κ3) is 4.41. The van der Waals surface area contributed by atoms with E-state index in [4.69, 9.17) is 0 Å². The van der Waals surface area contributed by atoms with Crippen molar-refractivity contribution in [2.75, 3.05) is 25.0 Å². The number of benzene rings is 1. The lowest BCUT2D eigenvalue weighted by molar-refractivity contribution is -0.147. The van der Waals surface area contributed by atoms with Gasteiger partial charge >= 0.3 is 11.9 Å². The summed E-state index contributed by atoms with van der Waals surface area (Å²) in [5.74, 6) is -2.01. The summed E-state index contributed by atoms with van der Waals surface area (Å²) < 4.78 is 53.3. The summed E-state index contributed by atoms with van der Waals surface area (Å²) in [4.78, 5) is 26.0. The smallest absolute Gasteiger partial charge is 0.325 e. The van der Waals surface area contributed by atoms with Gasteiger partial charge in [-0.05, 0) is 31.0 Å². The molecule has 152 valence electrons. The Morgan fingerprint density at radius 1 is 1.29 bits per heavy atom. The van der Waals surface area contributed by atoms with E-state index in [2.05, 4.69) is 10.4 Å². The molecule has 0 atom stereocenters. The molecule has 1 aromatic carbocycles. The Hall–Kier alpha value is -2.69. The molecule has 0 unspecified atom stereocenters. The molecule has 2 heterocycles. The van der Waals surface area contributed by atoms with Gasteiger partial charge in [-0.25, -0.2) is 13.9 Å². The molecule has 7 nitrogen and oxygen atoms in total. The predicted molar refractivity (Wildman–Crippen MR) is 92.2 cm³/mol. The van der Waals surface area contributed by atoms with Gasteiger partial charge in [0, 0.05) is 25.8 Å². The van der Waals surface area contributed by atoms with Gasteiger partial charge in [0.15, 0.2) is 0 Å². The molecular weight excluding hydrogens is 382 g/mol. The maximum Gasteiger partial charge on any atom is 0.451 e. The zero-order valence-corrected chi connectivity index (χ0v) is 15.0. The number of hydrogen-bond donors (Lipinski definition) is 1. The van der Waals surface area contributed by atoms with E-state index in [1.54, 1.807) is 6.07 Å². The van der Waals surface area contributed by atoms with Gasteiger partial charge in [-0.3, -0.25) is 14.3 Å². The second-order valence-corrected chi connectivity index (χ2v) is 6.67. The molecule has 1 saturated heterocycles. The van der Waals surface area contributed by atoms with Gasteiger partial charge in [-0.2, -0.15) is 13.2 Å². The average Bonchev–Trinajstić information content (AvgIpc) is 2.91. The fraction of sp³-hybridized carbons (Fsp3) is 0.471. The average molecular weight is 401 g/mol. The number of piperidine rings is 1. The van der Waals surface area contributed by atoms with Crippen LogP contribution in [0.5, 0.6) is 0 Å². The van der Waals surface area contributed by atoms with Crippen molar-refractivity contribution in [3.05, 3.63) is 46.4 Å². The number of likely N-dealkylation sites (tertiary alicyclic amines) is 1. The van der Waals surface area contributed by atoms with E-state index < -0.39 is 29.5 Å². The van der Waals surface area contributed by atoms with Crippen LogP contribution in [0.1, 0.15) is 24.7 Å². The molecule has 0 bridgehead atoms. The molecule has 1 fully saturated rings. The van der Waals surface area contributed by atoms with Crippen LogP contribution in [0, 0.1) is 5.82 Å².